The molecule has 1 heterocycles. The van der Waals surface area contributed by atoms with Crippen molar-refractivity contribution in [1.29, 1.82) is 0 Å². The zero-order valence-electron chi connectivity index (χ0n) is 16.4. The van der Waals surface area contributed by atoms with Gasteiger partial charge in [-0.1, -0.05) is 42.5 Å². The van der Waals surface area contributed by atoms with Crippen LogP contribution in [0.3, 0.4) is 0 Å². The molecule has 1 aliphatic heterocycles. The number of carbonyl (C=O) groups is 1. The van der Waals surface area contributed by atoms with Crippen molar-refractivity contribution in [2.24, 2.45) is 16.6 Å². The average molecular weight is 420 g/mol. The lowest BCUT2D eigenvalue weighted by atomic mass is 9.94. The zero-order valence-corrected chi connectivity index (χ0v) is 16.4. The molecular formula is C21H23F3N4O2. The summed E-state index contributed by atoms with van der Waals surface area (Å²) in [7, 11) is 1.80. The molecule has 9 heteroatoms. The molecule has 1 amide bonds. The summed E-state index contributed by atoms with van der Waals surface area (Å²) in [5.74, 6) is 0.0347. The maximum Gasteiger partial charge on any atom is 0.573 e. The molecule has 0 aromatic heterocycles. The van der Waals surface area contributed by atoms with Crippen LogP contribution < -0.4 is 15.8 Å². The standard InChI is InChI=1S/C21H23F3N4O2/c1-28-18(29)11-16(19(28)15-5-3-2-4-6-15)13-27-20(25)26-12-14-7-9-17(10-8-14)30-21(22,23)24/h2-10,16,19H,11-13H2,1H3,(H3,25,26,27). The molecule has 6 nitrogen and oxygen atoms in total. The number of likely N-dealkylation sites (tertiary alicyclic amines) is 1. The number of hydrogen-bond acceptors (Lipinski definition) is 3. The second kappa shape index (κ2) is 9.06. The molecule has 0 bridgehead atoms. The fraction of sp³-hybridized carbons (Fsp3) is 0.333. The summed E-state index contributed by atoms with van der Waals surface area (Å²) in [6, 6.07) is 15.2. The van der Waals surface area contributed by atoms with Crippen LogP contribution in [0.25, 0.3) is 0 Å². The van der Waals surface area contributed by atoms with E-state index in [1.807, 2.05) is 30.3 Å². The number of halogens is 3. The topological polar surface area (TPSA) is 80.0 Å². The molecular weight excluding hydrogens is 397 g/mol. The van der Waals surface area contributed by atoms with Crippen molar-refractivity contribution in [3.63, 3.8) is 0 Å². The number of carbonyl (C=O) groups excluding carboxylic acids is 1. The van der Waals surface area contributed by atoms with Gasteiger partial charge in [-0.25, -0.2) is 4.99 Å². The van der Waals surface area contributed by atoms with Crippen molar-refractivity contribution in [3.05, 3.63) is 65.7 Å². The smallest absolute Gasteiger partial charge is 0.406 e. The number of rotatable bonds is 6. The number of nitrogens with two attached hydrogens (primary N) is 1. The number of amides is 1. The maximum absolute atomic E-state index is 12.2. The molecule has 1 saturated heterocycles. The number of ether oxygens (including phenoxy) is 1. The first-order valence-corrected chi connectivity index (χ1v) is 9.42. The van der Waals surface area contributed by atoms with Gasteiger partial charge in [-0.05, 0) is 23.3 Å². The third-order valence-corrected chi connectivity index (χ3v) is 4.97. The van der Waals surface area contributed by atoms with Crippen LogP contribution in [0.4, 0.5) is 13.2 Å². The fourth-order valence-corrected chi connectivity index (χ4v) is 3.55. The SMILES string of the molecule is CN1C(=O)CC(CNC(N)=NCc2ccc(OC(F)(F)F)cc2)C1c1ccccc1. The van der Waals surface area contributed by atoms with Crippen molar-refractivity contribution in [3.8, 4) is 5.75 Å². The molecule has 0 saturated carbocycles. The summed E-state index contributed by atoms with van der Waals surface area (Å²) in [6.45, 7) is 0.681. The minimum atomic E-state index is -4.72. The van der Waals surface area contributed by atoms with E-state index in [9.17, 15) is 18.0 Å². The Morgan fingerprint density at radius 2 is 1.87 bits per heavy atom. The molecule has 30 heavy (non-hydrogen) atoms. The Labute approximate surface area is 172 Å². The largest absolute Gasteiger partial charge is 0.573 e. The van der Waals surface area contributed by atoms with Gasteiger partial charge < -0.3 is 20.7 Å². The molecule has 3 rings (SSSR count). The molecule has 0 radical (unpaired) electrons. The van der Waals surface area contributed by atoms with Gasteiger partial charge in [-0.3, -0.25) is 4.79 Å². The lowest BCUT2D eigenvalue weighted by Crippen LogP contribution is -2.37. The van der Waals surface area contributed by atoms with Gasteiger partial charge in [0.2, 0.25) is 5.91 Å². The van der Waals surface area contributed by atoms with Crippen molar-refractivity contribution in [2.75, 3.05) is 13.6 Å². The van der Waals surface area contributed by atoms with Crippen LogP contribution in [0.15, 0.2) is 59.6 Å². The van der Waals surface area contributed by atoms with Crippen LogP contribution in [0.1, 0.15) is 23.6 Å². The Hall–Kier alpha value is -3.23. The van der Waals surface area contributed by atoms with E-state index in [0.29, 0.717) is 18.5 Å². The van der Waals surface area contributed by atoms with Gasteiger partial charge in [-0.15, -0.1) is 13.2 Å². The summed E-state index contributed by atoms with van der Waals surface area (Å²) in [6.07, 6.45) is -4.31. The summed E-state index contributed by atoms with van der Waals surface area (Å²) in [5, 5.41) is 3.05. The minimum absolute atomic E-state index is 0.0393. The van der Waals surface area contributed by atoms with Crippen molar-refractivity contribution < 1.29 is 22.7 Å². The van der Waals surface area contributed by atoms with E-state index in [0.717, 1.165) is 5.56 Å². The Morgan fingerprint density at radius 3 is 2.50 bits per heavy atom. The van der Waals surface area contributed by atoms with Gasteiger partial charge in [0.25, 0.3) is 0 Å². The van der Waals surface area contributed by atoms with E-state index in [4.69, 9.17) is 5.73 Å². The first-order valence-electron chi connectivity index (χ1n) is 9.42. The molecule has 1 aliphatic rings. The zero-order chi connectivity index (χ0) is 21.7. The second-order valence-electron chi connectivity index (χ2n) is 7.10. The predicted molar refractivity (Wildman–Crippen MR) is 107 cm³/mol. The van der Waals surface area contributed by atoms with E-state index < -0.39 is 6.36 Å². The van der Waals surface area contributed by atoms with Crippen LogP contribution in [-0.4, -0.2) is 36.7 Å². The lowest BCUT2D eigenvalue weighted by Gasteiger charge is -2.25. The van der Waals surface area contributed by atoms with Gasteiger partial charge >= 0.3 is 6.36 Å². The molecule has 160 valence electrons. The van der Waals surface area contributed by atoms with Gasteiger partial charge in [0.1, 0.15) is 5.75 Å². The maximum atomic E-state index is 12.2. The molecule has 2 aromatic carbocycles. The number of hydrogen-bond donors (Lipinski definition) is 2. The number of guanidine groups is 1. The molecule has 2 aromatic rings. The molecule has 2 unspecified atom stereocenters. The first kappa shape index (κ1) is 21.5. The highest BCUT2D eigenvalue weighted by Gasteiger charge is 2.38. The normalized spacial score (nSPS) is 19.8. The van der Waals surface area contributed by atoms with Crippen molar-refractivity contribution >= 4 is 11.9 Å². The fourth-order valence-electron chi connectivity index (χ4n) is 3.55. The summed E-state index contributed by atoms with van der Waals surface area (Å²) >= 11 is 0. The monoisotopic (exact) mass is 420 g/mol. The highest BCUT2D eigenvalue weighted by Crippen LogP contribution is 2.36. The van der Waals surface area contributed by atoms with Crippen LogP contribution in [0.2, 0.25) is 0 Å². The van der Waals surface area contributed by atoms with Crippen LogP contribution in [0, 0.1) is 5.92 Å². The van der Waals surface area contributed by atoms with Crippen LogP contribution in [0.5, 0.6) is 5.75 Å². The van der Waals surface area contributed by atoms with Crippen molar-refractivity contribution in [1.82, 2.24) is 10.2 Å². The number of benzene rings is 2. The summed E-state index contributed by atoms with van der Waals surface area (Å²) in [4.78, 5) is 18.2. The Morgan fingerprint density at radius 1 is 1.20 bits per heavy atom. The highest BCUT2D eigenvalue weighted by atomic mass is 19.4. The summed E-state index contributed by atoms with van der Waals surface area (Å²) < 4.78 is 40.4. The Kier molecular flexibility index (Phi) is 6.49. The quantitative estimate of drug-likeness (QED) is 0.556. The molecule has 2 atom stereocenters. The van der Waals surface area contributed by atoms with Crippen molar-refractivity contribution in [2.45, 2.75) is 25.4 Å². The van der Waals surface area contributed by atoms with E-state index in [1.165, 1.54) is 24.3 Å². The van der Waals surface area contributed by atoms with E-state index in [2.05, 4.69) is 15.0 Å². The number of nitrogens with one attached hydrogen (secondary N) is 1. The Balaban J connectivity index is 1.56. The van der Waals surface area contributed by atoms with Gasteiger partial charge in [0.05, 0.1) is 12.6 Å². The second-order valence-corrected chi connectivity index (χ2v) is 7.10. The van der Waals surface area contributed by atoms with E-state index in [1.54, 1.807) is 11.9 Å². The van der Waals surface area contributed by atoms with Crippen LogP contribution >= 0.6 is 0 Å². The third kappa shape index (κ3) is 5.65. The summed E-state index contributed by atoms with van der Waals surface area (Å²) in [5.41, 5.74) is 7.68. The van der Waals surface area contributed by atoms with Gasteiger partial charge in [-0.2, -0.15) is 0 Å². The predicted octanol–water partition coefficient (Wildman–Crippen LogP) is 3.21. The lowest BCUT2D eigenvalue weighted by molar-refractivity contribution is -0.274. The number of nitrogens with zero attached hydrogens (tertiary/aromatic N) is 2. The minimum Gasteiger partial charge on any atom is -0.406 e. The Bertz CT molecular complexity index is 885. The number of aliphatic imine (C=N–C) groups is 1. The van der Waals surface area contributed by atoms with Crippen LogP contribution in [-0.2, 0) is 11.3 Å². The van der Waals surface area contributed by atoms with E-state index in [-0.39, 0.29) is 36.1 Å². The van der Waals surface area contributed by atoms with Gasteiger partial charge in [0.15, 0.2) is 5.96 Å². The van der Waals surface area contributed by atoms with Gasteiger partial charge in [0, 0.05) is 25.9 Å². The average Bonchev–Trinajstić information content (AvgIpc) is 2.99. The molecule has 1 fully saturated rings. The molecule has 0 spiro atoms. The number of alkyl halides is 3. The molecule has 0 aliphatic carbocycles. The third-order valence-electron chi connectivity index (χ3n) is 4.97. The molecule has 3 N–H and O–H groups in total. The highest BCUT2D eigenvalue weighted by molar-refractivity contribution is 5.80. The van der Waals surface area contributed by atoms with E-state index >= 15 is 0 Å². The first-order chi connectivity index (χ1) is 14.2.